The molecule has 19 heteroatoms. The van der Waals surface area contributed by atoms with Gasteiger partial charge in [-0.3, -0.25) is 37.3 Å². The summed E-state index contributed by atoms with van der Waals surface area (Å²) in [6.07, 6.45) is 29.7. The minimum absolute atomic E-state index is 0.102. The van der Waals surface area contributed by atoms with Gasteiger partial charge in [-0.05, 0) is 49.4 Å². The van der Waals surface area contributed by atoms with E-state index in [0.29, 0.717) is 43.4 Å². The Balaban J connectivity index is 5.25. The van der Waals surface area contributed by atoms with Crippen LogP contribution in [0.25, 0.3) is 0 Å². The zero-order valence-electron chi connectivity index (χ0n) is 51.7. The monoisotopic (exact) mass is 1180 g/mol. The molecule has 3 N–H and O–H groups in total. The molecule has 0 saturated carbocycles. The van der Waals surface area contributed by atoms with Crippen molar-refractivity contribution >= 4 is 39.5 Å². The minimum atomic E-state index is -4.94. The molecular formula is C61H118O17P2. The van der Waals surface area contributed by atoms with Crippen LogP contribution in [0.3, 0.4) is 0 Å². The molecule has 17 nitrogen and oxygen atoms in total. The van der Waals surface area contributed by atoms with Crippen LogP contribution in [0.5, 0.6) is 0 Å². The molecule has 0 aliphatic carbocycles. The van der Waals surface area contributed by atoms with Crippen molar-refractivity contribution in [1.82, 2.24) is 0 Å². The van der Waals surface area contributed by atoms with Crippen LogP contribution < -0.4 is 0 Å². The Hall–Kier alpha value is -1.94. The summed E-state index contributed by atoms with van der Waals surface area (Å²) in [5.74, 6) is 0.650. The highest BCUT2D eigenvalue weighted by atomic mass is 31.2. The molecule has 2 unspecified atom stereocenters. The maximum absolute atomic E-state index is 12.9. The molecule has 0 amide bonds. The Kier molecular flexibility index (Phi) is 50.2. The van der Waals surface area contributed by atoms with E-state index in [1.54, 1.807) is 0 Å². The van der Waals surface area contributed by atoms with E-state index in [0.717, 1.165) is 109 Å². The van der Waals surface area contributed by atoms with E-state index in [1.165, 1.54) is 77.0 Å². The van der Waals surface area contributed by atoms with Crippen LogP contribution in [0.4, 0.5) is 0 Å². The molecule has 0 aromatic rings. The highest BCUT2D eigenvalue weighted by Gasteiger charge is 2.30. The Morgan fingerprint density at radius 1 is 0.312 bits per heavy atom. The fraction of sp³-hybridized carbons (Fsp3) is 0.934. The first-order valence-electron chi connectivity index (χ1n) is 31.7. The van der Waals surface area contributed by atoms with E-state index in [9.17, 15) is 43.2 Å². The third-order valence-electron chi connectivity index (χ3n) is 13.8. The van der Waals surface area contributed by atoms with Gasteiger partial charge >= 0.3 is 39.5 Å². The number of phosphoric ester groups is 2. The lowest BCUT2D eigenvalue weighted by Crippen LogP contribution is -2.30. The number of unbranched alkanes of at least 4 members (excludes halogenated alkanes) is 24. The number of phosphoric acid groups is 2. The molecule has 0 saturated heterocycles. The van der Waals surface area contributed by atoms with Gasteiger partial charge in [0.1, 0.15) is 19.3 Å². The standard InChI is InChI=1S/C61H118O17P2/c1-51(2)37-29-21-13-9-10-16-27-35-43-60(65)77-57(48-72-59(64)42-34-26-20-19-24-32-40-54(7)8)50-76-80(69,70)74-46-55(62)45-73-79(67,68)75-49-56(78-61(66)44-36-28-18-12-15-23-31-39-53(5)6)47-71-58(63)41-33-25-17-11-14-22-30-38-52(3)4/h51-57,62H,9-50H2,1-8H3,(H,67,68)(H,69,70)/t55-,56-,57-/m1/s1. The van der Waals surface area contributed by atoms with E-state index >= 15 is 0 Å². The average Bonchev–Trinajstić information content (AvgIpc) is 3.38. The molecular weight excluding hydrogens is 1070 g/mol. The highest BCUT2D eigenvalue weighted by molar-refractivity contribution is 7.47. The number of rotatable bonds is 58. The van der Waals surface area contributed by atoms with Crippen LogP contribution in [0.15, 0.2) is 0 Å². The molecule has 0 aliphatic heterocycles. The summed E-state index contributed by atoms with van der Waals surface area (Å²) < 4.78 is 67.8. The second kappa shape index (κ2) is 51.5. The van der Waals surface area contributed by atoms with Crippen LogP contribution in [-0.2, 0) is 65.4 Å². The van der Waals surface area contributed by atoms with Crippen molar-refractivity contribution in [3.8, 4) is 0 Å². The SMILES string of the molecule is CC(C)CCCCCCCCCCC(=O)O[C@H](COC(=O)CCCCCCCCC(C)C)COP(=O)(O)OC[C@H](O)COP(=O)(O)OC[C@@H](COC(=O)CCCCCCCCCC(C)C)OC(=O)CCCCCCCCCC(C)C. The van der Waals surface area contributed by atoms with Gasteiger partial charge in [0.05, 0.1) is 26.4 Å². The van der Waals surface area contributed by atoms with Crippen molar-refractivity contribution in [3.05, 3.63) is 0 Å². The van der Waals surface area contributed by atoms with Crippen molar-refractivity contribution in [2.75, 3.05) is 39.6 Å². The third-order valence-corrected chi connectivity index (χ3v) is 15.7. The minimum Gasteiger partial charge on any atom is -0.462 e. The van der Waals surface area contributed by atoms with Crippen LogP contribution in [0.2, 0.25) is 0 Å². The van der Waals surface area contributed by atoms with Gasteiger partial charge in [-0.1, -0.05) is 235 Å². The second-order valence-corrected chi connectivity index (χ2v) is 26.9. The van der Waals surface area contributed by atoms with Crippen LogP contribution in [-0.4, -0.2) is 96.7 Å². The maximum Gasteiger partial charge on any atom is 0.472 e. The number of carbonyl (C=O) groups excluding carboxylic acids is 4. The molecule has 0 spiro atoms. The summed E-state index contributed by atoms with van der Waals surface area (Å²) in [6, 6.07) is 0. The Morgan fingerprint density at radius 3 is 0.775 bits per heavy atom. The molecule has 80 heavy (non-hydrogen) atoms. The van der Waals surface area contributed by atoms with Gasteiger partial charge in [0.2, 0.25) is 0 Å². The molecule has 0 aromatic heterocycles. The fourth-order valence-electron chi connectivity index (χ4n) is 8.90. The maximum atomic E-state index is 12.9. The Morgan fingerprint density at radius 2 is 0.525 bits per heavy atom. The first-order valence-corrected chi connectivity index (χ1v) is 34.7. The molecule has 0 bridgehead atoms. The normalized spacial score (nSPS) is 14.5. The number of esters is 4. The molecule has 0 aromatic carbocycles. The number of aliphatic hydroxyl groups is 1. The summed E-state index contributed by atoms with van der Waals surface area (Å²) in [7, 11) is -9.88. The summed E-state index contributed by atoms with van der Waals surface area (Å²) in [5.41, 5.74) is 0. The van der Waals surface area contributed by atoms with E-state index in [2.05, 4.69) is 55.4 Å². The number of hydrogen-bond acceptors (Lipinski definition) is 15. The second-order valence-electron chi connectivity index (χ2n) is 24.0. The van der Waals surface area contributed by atoms with Crippen molar-refractivity contribution in [2.45, 2.75) is 305 Å². The zero-order chi connectivity index (χ0) is 59.7. The molecule has 0 radical (unpaired) electrons. The van der Waals surface area contributed by atoms with E-state index in [-0.39, 0.29) is 25.7 Å². The van der Waals surface area contributed by atoms with Crippen molar-refractivity contribution in [3.63, 3.8) is 0 Å². The van der Waals surface area contributed by atoms with Gasteiger partial charge in [-0.25, -0.2) is 9.13 Å². The van der Waals surface area contributed by atoms with Crippen LogP contribution >= 0.6 is 15.6 Å². The van der Waals surface area contributed by atoms with Crippen molar-refractivity contribution < 1.29 is 80.2 Å². The van der Waals surface area contributed by atoms with E-state index in [1.807, 2.05) is 0 Å². The molecule has 0 aliphatic rings. The Labute approximate surface area is 486 Å². The fourth-order valence-corrected chi connectivity index (χ4v) is 10.5. The molecule has 0 fully saturated rings. The van der Waals surface area contributed by atoms with Crippen LogP contribution in [0, 0.1) is 23.7 Å². The van der Waals surface area contributed by atoms with Gasteiger partial charge in [-0.2, -0.15) is 0 Å². The summed E-state index contributed by atoms with van der Waals surface area (Å²) >= 11 is 0. The van der Waals surface area contributed by atoms with Gasteiger partial charge in [-0.15, -0.1) is 0 Å². The quantitative estimate of drug-likeness (QED) is 0.0222. The van der Waals surface area contributed by atoms with Crippen molar-refractivity contribution in [1.29, 1.82) is 0 Å². The predicted molar refractivity (Wildman–Crippen MR) is 317 cm³/mol. The number of carbonyl (C=O) groups is 4. The van der Waals surface area contributed by atoms with Gasteiger partial charge < -0.3 is 33.8 Å². The van der Waals surface area contributed by atoms with Gasteiger partial charge in [0.15, 0.2) is 12.2 Å². The lowest BCUT2D eigenvalue weighted by atomic mass is 10.0. The van der Waals surface area contributed by atoms with Crippen LogP contribution in [0.1, 0.15) is 287 Å². The van der Waals surface area contributed by atoms with E-state index < -0.39 is 97.5 Å². The smallest absolute Gasteiger partial charge is 0.462 e. The largest absolute Gasteiger partial charge is 0.472 e. The highest BCUT2D eigenvalue weighted by Crippen LogP contribution is 2.45. The van der Waals surface area contributed by atoms with Crippen molar-refractivity contribution in [2.24, 2.45) is 23.7 Å². The van der Waals surface area contributed by atoms with Gasteiger partial charge in [0, 0.05) is 25.7 Å². The van der Waals surface area contributed by atoms with E-state index in [4.69, 9.17) is 37.0 Å². The molecule has 0 heterocycles. The summed E-state index contributed by atoms with van der Waals surface area (Å²) in [6.45, 7) is 13.8. The van der Waals surface area contributed by atoms with Gasteiger partial charge in [0.25, 0.3) is 0 Å². The molecule has 474 valence electrons. The Bertz CT molecular complexity index is 1580. The number of hydrogen-bond donors (Lipinski definition) is 3. The zero-order valence-corrected chi connectivity index (χ0v) is 53.5. The predicted octanol–water partition coefficient (Wildman–Crippen LogP) is 16.2. The molecule has 5 atom stereocenters. The number of ether oxygens (including phenoxy) is 4. The summed E-state index contributed by atoms with van der Waals surface area (Å²) in [4.78, 5) is 72.0. The first kappa shape index (κ1) is 78.1. The average molecular weight is 1190 g/mol. The molecule has 0 rings (SSSR count). The lowest BCUT2D eigenvalue weighted by molar-refractivity contribution is -0.161. The number of aliphatic hydroxyl groups excluding tert-OH is 1. The topological polar surface area (TPSA) is 237 Å². The first-order chi connectivity index (χ1) is 38.1. The lowest BCUT2D eigenvalue weighted by Gasteiger charge is -2.21. The summed E-state index contributed by atoms with van der Waals surface area (Å²) in [5, 5.41) is 10.5. The third kappa shape index (κ3) is 55.3.